The fraction of sp³-hybridized carbons (Fsp3) is 0.250. The zero-order valence-corrected chi connectivity index (χ0v) is 15.4. The standard InChI is InChI=1S/C16H18FIN4O3/c17-12-7-10(18)1-2-13(12)22-14-8-15(19-3-5-23)21-9-11(14)16(25)20-4-6-24/h1-2,7-9,23-24H,3-6H2,(H,20,25)(H2,19,21,22). The van der Waals surface area contributed by atoms with Crippen LogP contribution >= 0.6 is 22.6 Å². The number of carbonyl (C=O) groups is 1. The third-order valence-electron chi connectivity index (χ3n) is 3.16. The Morgan fingerprint density at radius 3 is 2.60 bits per heavy atom. The maximum absolute atomic E-state index is 14.1. The molecule has 1 aromatic carbocycles. The number of amides is 1. The maximum Gasteiger partial charge on any atom is 0.255 e. The number of nitrogens with one attached hydrogen (secondary N) is 3. The van der Waals surface area contributed by atoms with Gasteiger partial charge in [-0.05, 0) is 40.8 Å². The zero-order valence-electron chi connectivity index (χ0n) is 13.2. The van der Waals surface area contributed by atoms with Crippen molar-refractivity contribution in [1.29, 1.82) is 0 Å². The summed E-state index contributed by atoms with van der Waals surface area (Å²) in [6.07, 6.45) is 1.35. The molecule has 0 saturated carbocycles. The van der Waals surface area contributed by atoms with Gasteiger partial charge >= 0.3 is 0 Å². The lowest BCUT2D eigenvalue weighted by molar-refractivity contribution is 0.0945. The van der Waals surface area contributed by atoms with E-state index in [9.17, 15) is 9.18 Å². The van der Waals surface area contributed by atoms with E-state index in [1.54, 1.807) is 18.2 Å². The average Bonchev–Trinajstić information content (AvgIpc) is 2.60. The molecule has 134 valence electrons. The quantitative estimate of drug-likeness (QED) is 0.384. The minimum atomic E-state index is -0.449. The average molecular weight is 460 g/mol. The number of aromatic nitrogens is 1. The van der Waals surface area contributed by atoms with Crippen LogP contribution in [0.2, 0.25) is 0 Å². The number of pyridine rings is 1. The molecular weight excluding hydrogens is 442 g/mol. The second-order valence-corrected chi connectivity index (χ2v) is 6.24. The van der Waals surface area contributed by atoms with Crippen molar-refractivity contribution in [3.05, 3.63) is 45.4 Å². The Kier molecular flexibility index (Phi) is 7.34. The highest BCUT2D eigenvalue weighted by Crippen LogP contribution is 2.26. The number of nitrogens with zero attached hydrogens (tertiary/aromatic N) is 1. The number of benzene rings is 1. The van der Waals surface area contributed by atoms with E-state index in [4.69, 9.17) is 10.2 Å². The molecule has 0 radical (unpaired) electrons. The van der Waals surface area contributed by atoms with Gasteiger partial charge in [0.25, 0.3) is 5.91 Å². The molecule has 2 aromatic rings. The molecule has 0 spiro atoms. The van der Waals surface area contributed by atoms with E-state index in [1.165, 1.54) is 12.3 Å². The minimum Gasteiger partial charge on any atom is -0.395 e. The van der Waals surface area contributed by atoms with Crippen molar-refractivity contribution in [3.8, 4) is 0 Å². The van der Waals surface area contributed by atoms with Gasteiger partial charge in [0.1, 0.15) is 11.6 Å². The molecule has 0 fully saturated rings. The van der Waals surface area contributed by atoms with E-state index < -0.39 is 11.7 Å². The van der Waals surface area contributed by atoms with E-state index in [2.05, 4.69) is 20.9 Å². The molecule has 0 aliphatic heterocycles. The van der Waals surface area contributed by atoms with E-state index in [0.29, 0.717) is 18.1 Å². The number of aliphatic hydroxyl groups excluding tert-OH is 2. The number of halogens is 2. The summed E-state index contributed by atoms with van der Waals surface area (Å²) in [6, 6.07) is 6.25. The van der Waals surface area contributed by atoms with Crippen LogP contribution in [0.1, 0.15) is 10.4 Å². The SMILES string of the molecule is O=C(NCCO)c1cnc(NCCO)cc1Nc1ccc(I)cc1F. The fourth-order valence-corrected chi connectivity index (χ4v) is 2.47. The van der Waals surface area contributed by atoms with Crippen LogP contribution < -0.4 is 16.0 Å². The molecule has 1 aromatic heterocycles. The Labute approximate surface area is 157 Å². The monoisotopic (exact) mass is 460 g/mol. The van der Waals surface area contributed by atoms with Gasteiger partial charge in [-0.3, -0.25) is 4.79 Å². The minimum absolute atomic E-state index is 0.0745. The lowest BCUT2D eigenvalue weighted by Crippen LogP contribution is -2.27. The van der Waals surface area contributed by atoms with E-state index in [-0.39, 0.29) is 31.0 Å². The highest BCUT2D eigenvalue weighted by atomic mass is 127. The van der Waals surface area contributed by atoms with Gasteiger partial charge in [-0.25, -0.2) is 9.37 Å². The third-order valence-corrected chi connectivity index (χ3v) is 3.84. The van der Waals surface area contributed by atoms with Crippen LogP contribution in [0.25, 0.3) is 0 Å². The molecule has 0 bridgehead atoms. The summed E-state index contributed by atoms with van der Waals surface area (Å²) in [5.74, 6) is -0.458. The first-order valence-electron chi connectivity index (χ1n) is 7.51. The Morgan fingerprint density at radius 1 is 1.16 bits per heavy atom. The molecule has 0 aliphatic carbocycles. The largest absolute Gasteiger partial charge is 0.395 e. The zero-order chi connectivity index (χ0) is 18.2. The van der Waals surface area contributed by atoms with E-state index in [1.807, 2.05) is 22.6 Å². The van der Waals surface area contributed by atoms with Crippen LogP contribution in [0, 0.1) is 9.39 Å². The molecule has 9 heteroatoms. The van der Waals surface area contributed by atoms with Crippen LogP contribution in [0.5, 0.6) is 0 Å². The first kappa shape index (κ1) is 19.3. The first-order chi connectivity index (χ1) is 12.0. The number of rotatable bonds is 8. The normalized spacial score (nSPS) is 10.4. The number of hydrogen-bond acceptors (Lipinski definition) is 6. The summed E-state index contributed by atoms with van der Waals surface area (Å²) in [7, 11) is 0. The van der Waals surface area contributed by atoms with Gasteiger partial charge in [0.2, 0.25) is 0 Å². The molecule has 5 N–H and O–H groups in total. The van der Waals surface area contributed by atoms with Gasteiger partial charge in [0.05, 0.1) is 30.2 Å². The Morgan fingerprint density at radius 2 is 1.92 bits per heavy atom. The molecule has 1 amide bonds. The third kappa shape index (κ3) is 5.51. The number of anilines is 3. The summed E-state index contributed by atoms with van der Waals surface area (Å²) < 4.78 is 14.9. The first-order valence-corrected chi connectivity index (χ1v) is 8.59. The van der Waals surface area contributed by atoms with Crippen LogP contribution in [0.4, 0.5) is 21.6 Å². The van der Waals surface area contributed by atoms with Crippen LogP contribution in [0.3, 0.4) is 0 Å². The predicted molar refractivity (Wildman–Crippen MR) is 102 cm³/mol. The summed E-state index contributed by atoms with van der Waals surface area (Å²) in [5.41, 5.74) is 0.780. The molecule has 1 heterocycles. The smallest absolute Gasteiger partial charge is 0.255 e. The van der Waals surface area contributed by atoms with E-state index >= 15 is 0 Å². The summed E-state index contributed by atoms with van der Waals surface area (Å²) >= 11 is 2.01. The highest BCUT2D eigenvalue weighted by Gasteiger charge is 2.14. The van der Waals surface area contributed by atoms with Gasteiger partial charge in [-0.2, -0.15) is 0 Å². The second-order valence-electron chi connectivity index (χ2n) is 4.99. The molecule has 0 unspecified atom stereocenters. The molecule has 0 aliphatic rings. The van der Waals surface area contributed by atoms with Gasteiger partial charge in [0, 0.05) is 28.9 Å². The topological polar surface area (TPSA) is 107 Å². The van der Waals surface area contributed by atoms with Gasteiger partial charge in [-0.15, -0.1) is 0 Å². The molecule has 25 heavy (non-hydrogen) atoms. The molecule has 0 atom stereocenters. The highest BCUT2D eigenvalue weighted by molar-refractivity contribution is 14.1. The summed E-state index contributed by atoms with van der Waals surface area (Å²) in [5, 5.41) is 26.1. The Balaban J connectivity index is 2.34. The number of carbonyl (C=O) groups excluding carboxylic acids is 1. The van der Waals surface area contributed by atoms with Crippen LogP contribution in [-0.2, 0) is 0 Å². The van der Waals surface area contributed by atoms with Crippen molar-refractivity contribution in [1.82, 2.24) is 10.3 Å². The fourth-order valence-electron chi connectivity index (χ4n) is 2.02. The predicted octanol–water partition coefficient (Wildman–Crippen LogP) is 1.70. The number of aliphatic hydroxyl groups is 2. The molecular formula is C16H18FIN4O3. The van der Waals surface area contributed by atoms with E-state index in [0.717, 1.165) is 3.57 Å². The Bertz CT molecular complexity index is 745. The van der Waals surface area contributed by atoms with Crippen molar-refractivity contribution in [2.75, 3.05) is 36.9 Å². The Hall–Kier alpha value is -1.98. The van der Waals surface area contributed by atoms with Crippen LogP contribution in [0.15, 0.2) is 30.5 Å². The molecule has 7 nitrogen and oxygen atoms in total. The molecule has 2 rings (SSSR count). The van der Waals surface area contributed by atoms with Crippen LogP contribution in [-0.4, -0.2) is 47.4 Å². The van der Waals surface area contributed by atoms with Gasteiger partial charge in [0.15, 0.2) is 0 Å². The summed E-state index contributed by atoms with van der Waals surface area (Å²) in [6.45, 7) is 0.125. The van der Waals surface area contributed by atoms with Crippen molar-refractivity contribution in [2.45, 2.75) is 0 Å². The van der Waals surface area contributed by atoms with Crippen molar-refractivity contribution in [2.24, 2.45) is 0 Å². The van der Waals surface area contributed by atoms with Crippen molar-refractivity contribution >= 4 is 45.7 Å². The maximum atomic E-state index is 14.1. The molecule has 0 saturated heterocycles. The lowest BCUT2D eigenvalue weighted by Gasteiger charge is -2.14. The number of hydrogen-bond donors (Lipinski definition) is 5. The van der Waals surface area contributed by atoms with Gasteiger partial charge in [-0.1, -0.05) is 0 Å². The second kappa shape index (κ2) is 9.49. The van der Waals surface area contributed by atoms with Crippen molar-refractivity contribution < 1.29 is 19.4 Å². The lowest BCUT2D eigenvalue weighted by atomic mass is 10.2. The van der Waals surface area contributed by atoms with Gasteiger partial charge < -0.3 is 26.2 Å². The summed E-state index contributed by atoms with van der Waals surface area (Å²) in [4.78, 5) is 16.3. The van der Waals surface area contributed by atoms with Crippen molar-refractivity contribution in [3.63, 3.8) is 0 Å².